The normalized spacial score (nSPS) is 16.8. The Morgan fingerprint density at radius 3 is 2.55 bits per heavy atom. The van der Waals surface area contributed by atoms with Crippen LogP contribution in [0.15, 0.2) is 58.1 Å². The number of rotatable bonds is 3. The minimum atomic E-state index is -0.163. The molecule has 0 aromatic heterocycles. The number of hydrazone groups is 1. The van der Waals surface area contributed by atoms with Crippen LogP contribution in [0.3, 0.4) is 0 Å². The van der Waals surface area contributed by atoms with Crippen LogP contribution >= 0.6 is 27.5 Å². The van der Waals surface area contributed by atoms with Crippen LogP contribution in [0.25, 0.3) is 0 Å². The lowest BCUT2D eigenvalue weighted by molar-refractivity contribution is 0.0948. The molecule has 1 heterocycles. The molecule has 3 rings (SSSR count). The number of amides is 1. The van der Waals surface area contributed by atoms with Crippen LogP contribution in [0.4, 0.5) is 0 Å². The number of hydrogen-bond acceptors (Lipinski definition) is 3. The van der Waals surface area contributed by atoms with Gasteiger partial charge in [0.1, 0.15) is 0 Å². The van der Waals surface area contributed by atoms with E-state index in [1.54, 1.807) is 24.3 Å². The van der Waals surface area contributed by atoms with Crippen LogP contribution in [0.1, 0.15) is 15.9 Å². The molecule has 112 valence electrons. The maximum atomic E-state index is 12.3. The highest BCUT2D eigenvalue weighted by atomic mass is 79.9. The Balaban J connectivity index is 1.74. The maximum absolute atomic E-state index is 12.3. The Kier molecular flexibility index (Phi) is 4.45. The summed E-state index contributed by atoms with van der Waals surface area (Å²) in [5, 5.41) is 7.89. The van der Waals surface area contributed by atoms with E-state index in [1.807, 2.05) is 24.3 Å². The third-order valence-electron chi connectivity index (χ3n) is 3.38. The fourth-order valence-electron chi connectivity index (χ4n) is 2.25. The summed E-state index contributed by atoms with van der Waals surface area (Å²) in [7, 11) is 0. The molecular formula is C16H13BrClN3O. The van der Waals surface area contributed by atoms with Crippen molar-refractivity contribution in [3.63, 3.8) is 0 Å². The van der Waals surface area contributed by atoms with Crippen molar-refractivity contribution >= 4 is 39.1 Å². The number of halogens is 2. The van der Waals surface area contributed by atoms with Gasteiger partial charge in [0.05, 0.1) is 18.3 Å². The van der Waals surface area contributed by atoms with Crippen molar-refractivity contribution in [3.8, 4) is 0 Å². The molecule has 22 heavy (non-hydrogen) atoms. The van der Waals surface area contributed by atoms with Crippen molar-refractivity contribution in [1.29, 1.82) is 0 Å². The van der Waals surface area contributed by atoms with Crippen molar-refractivity contribution in [1.82, 2.24) is 10.7 Å². The van der Waals surface area contributed by atoms with Gasteiger partial charge >= 0.3 is 0 Å². The van der Waals surface area contributed by atoms with E-state index in [2.05, 4.69) is 31.8 Å². The second-order valence-corrected chi connectivity index (χ2v) is 6.25. The summed E-state index contributed by atoms with van der Waals surface area (Å²) < 4.78 is 1.00. The molecule has 0 saturated carbocycles. The Hall–Kier alpha value is -1.85. The summed E-state index contributed by atoms with van der Waals surface area (Å²) >= 11 is 9.25. The van der Waals surface area contributed by atoms with Crippen LogP contribution < -0.4 is 10.7 Å². The molecule has 1 amide bonds. The number of hydrogen-bond donors (Lipinski definition) is 2. The molecule has 1 atom stereocenters. The Morgan fingerprint density at radius 2 is 1.86 bits per heavy atom. The molecule has 2 N–H and O–H groups in total. The van der Waals surface area contributed by atoms with Gasteiger partial charge in [0, 0.05) is 20.6 Å². The topological polar surface area (TPSA) is 53.5 Å². The average molecular weight is 379 g/mol. The molecule has 0 spiro atoms. The Morgan fingerprint density at radius 1 is 1.18 bits per heavy atom. The van der Waals surface area contributed by atoms with Gasteiger partial charge in [-0.15, -0.1) is 0 Å². The van der Waals surface area contributed by atoms with Gasteiger partial charge in [0.2, 0.25) is 0 Å². The SMILES string of the molecule is O=C(NC1CNN=C1c1ccc(Br)cc1)c1ccc(Cl)cc1. The fraction of sp³-hybridized carbons (Fsp3) is 0.125. The van der Waals surface area contributed by atoms with Crippen LogP contribution in [-0.2, 0) is 0 Å². The number of benzene rings is 2. The quantitative estimate of drug-likeness (QED) is 0.862. The third-order valence-corrected chi connectivity index (χ3v) is 4.16. The smallest absolute Gasteiger partial charge is 0.251 e. The van der Waals surface area contributed by atoms with E-state index in [0.29, 0.717) is 17.1 Å². The molecule has 0 saturated heterocycles. The molecule has 0 radical (unpaired) electrons. The maximum Gasteiger partial charge on any atom is 0.251 e. The first kappa shape index (κ1) is 15.1. The van der Waals surface area contributed by atoms with E-state index in [0.717, 1.165) is 15.7 Å². The molecule has 0 bridgehead atoms. The van der Waals surface area contributed by atoms with Gasteiger partial charge in [-0.05, 0) is 36.4 Å². The Bertz CT molecular complexity index is 713. The van der Waals surface area contributed by atoms with Crippen molar-refractivity contribution in [2.45, 2.75) is 6.04 Å². The average Bonchev–Trinajstić information content (AvgIpc) is 2.97. The van der Waals surface area contributed by atoms with E-state index in [-0.39, 0.29) is 11.9 Å². The highest BCUT2D eigenvalue weighted by molar-refractivity contribution is 9.10. The first-order valence-electron chi connectivity index (χ1n) is 6.76. The molecule has 4 nitrogen and oxygen atoms in total. The van der Waals surface area contributed by atoms with E-state index in [1.165, 1.54) is 0 Å². The summed E-state index contributed by atoms with van der Waals surface area (Å²) in [6, 6.07) is 14.5. The molecule has 1 unspecified atom stereocenters. The van der Waals surface area contributed by atoms with Gasteiger partial charge in [0.15, 0.2) is 0 Å². The summed E-state index contributed by atoms with van der Waals surface area (Å²) in [5.74, 6) is -0.143. The number of carbonyl (C=O) groups is 1. The first-order valence-corrected chi connectivity index (χ1v) is 7.93. The zero-order chi connectivity index (χ0) is 15.5. The highest BCUT2D eigenvalue weighted by Gasteiger charge is 2.24. The standard InChI is InChI=1S/C16H13BrClN3O/c17-12-5-1-10(2-6-12)15-14(9-19-21-15)20-16(22)11-3-7-13(18)8-4-11/h1-8,14,19H,9H2,(H,20,22). The van der Waals surface area contributed by atoms with Crippen LogP contribution in [0.5, 0.6) is 0 Å². The first-order chi connectivity index (χ1) is 10.6. The summed E-state index contributed by atoms with van der Waals surface area (Å²) in [5.41, 5.74) is 5.33. The number of nitrogens with zero attached hydrogens (tertiary/aromatic N) is 1. The zero-order valence-electron chi connectivity index (χ0n) is 11.5. The molecular weight excluding hydrogens is 366 g/mol. The minimum Gasteiger partial charge on any atom is -0.342 e. The predicted molar refractivity (Wildman–Crippen MR) is 91.4 cm³/mol. The third kappa shape index (κ3) is 3.31. The highest BCUT2D eigenvalue weighted by Crippen LogP contribution is 2.15. The van der Waals surface area contributed by atoms with Crippen LogP contribution in [-0.4, -0.2) is 24.2 Å². The predicted octanol–water partition coefficient (Wildman–Crippen LogP) is 3.21. The van der Waals surface area contributed by atoms with Gasteiger partial charge < -0.3 is 10.7 Å². The van der Waals surface area contributed by atoms with E-state index < -0.39 is 0 Å². The van der Waals surface area contributed by atoms with Crippen LogP contribution in [0, 0.1) is 0 Å². The molecule has 2 aromatic carbocycles. The van der Waals surface area contributed by atoms with E-state index >= 15 is 0 Å². The molecule has 1 aliphatic heterocycles. The largest absolute Gasteiger partial charge is 0.342 e. The molecule has 2 aromatic rings. The Labute approximate surface area is 141 Å². The number of carbonyl (C=O) groups excluding carboxylic acids is 1. The van der Waals surface area contributed by atoms with E-state index in [4.69, 9.17) is 11.6 Å². The number of nitrogens with one attached hydrogen (secondary N) is 2. The monoisotopic (exact) mass is 377 g/mol. The van der Waals surface area contributed by atoms with Gasteiger partial charge in [-0.3, -0.25) is 4.79 Å². The van der Waals surface area contributed by atoms with Gasteiger partial charge in [-0.25, -0.2) is 0 Å². The zero-order valence-corrected chi connectivity index (χ0v) is 13.9. The summed E-state index contributed by atoms with van der Waals surface area (Å²) in [4.78, 5) is 12.3. The van der Waals surface area contributed by atoms with E-state index in [9.17, 15) is 4.79 Å². The van der Waals surface area contributed by atoms with Crippen molar-refractivity contribution < 1.29 is 4.79 Å². The second kappa shape index (κ2) is 6.50. The van der Waals surface area contributed by atoms with Crippen molar-refractivity contribution in [2.75, 3.05) is 6.54 Å². The van der Waals surface area contributed by atoms with Gasteiger partial charge in [-0.1, -0.05) is 39.7 Å². The summed E-state index contributed by atoms with van der Waals surface area (Å²) in [6.45, 7) is 0.574. The lowest BCUT2D eigenvalue weighted by atomic mass is 10.0. The van der Waals surface area contributed by atoms with Gasteiger partial charge in [-0.2, -0.15) is 5.10 Å². The molecule has 1 aliphatic rings. The van der Waals surface area contributed by atoms with Crippen LogP contribution in [0.2, 0.25) is 5.02 Å². The molecule has 0 fully saturated rings. The second-order valence-electron chi connectivity index (χ2n) is 4.90. The lowest BCUT2D eigenvalue weighted by Gasteiger charge is -2.14. The fourth-order valence-corrected chi connectivity index (χ4v) is 2.64. The minimum absolute atomic E-state index is 0.143. The lowest BCUT2D eigenvalue weighted by Crippen LogP contribution is -2.42. The molecule has 0 aliphatic carbocycles. The summed E-state index contributed by atoms with van der Waals surface area (Å²) in [6.07, 6.45) is 0. The van der Waals surface area contributed by atoms with Crippen molar-refractivity contribution in [3.05, 3.63) is 69.2 Å². The van der Waals surface area contributed by atoms with Gasteiger partial charge in [0.25, 0.3) is 5.91 Å². The van der Waals surface area contributed by atoms with Crippen molar-refractivity contribution in [2.24, 2.45) is 5.10 Å². The molecule has 6 heteroatoms.